The lowest BCUT2D eigenvalue weighted by molar-refractivity contribution is -0.112. The highest BCUT2D eigenvalue weighted by Crippen LogP contribution is 2.27. The molecular weight excluding hydrogens is 266 g/mol. The van der Waals surface area contributed by atoms with E-state index < -0.39 is 11.7 Å². The van der Waals surface area contributed by atoms with Crippen LogP contribution in [0, 0.1) is 0 Å². The van der Waals surface area contributed by atoms with E-state index in [0.29, 0.717) is 17.0 Å². The fourth-order valence-corrected chi connectivity index (χ4v) is 2.76. The summed E-state index contributed by atoms with van der Waals surface area (Å²) in [5.41, 5.74) is 4.66. The lowest BCUT2D eigenvalue weighted by Gasteiger charge is -2.18. The molecule has 0 aliphatic carbocycles. The van der Waals surface area contributed by atoms with Gasteiger partial charge in [-0.15, -0.1) is 0 Å². The Kier molecular flexibility index (Phi) is 2.63. The molecule has 1 aromatic rings. The van der Waals surface area contributed by atoms with Crippen LogP contribution >= 0.6 is 11.8 Å². The van der Waals surface area contributed by atoms with Gasteiger partial charge in [-0.25, -0.2) is 5.43 Å². The number of fused-ring (bicyclic) bond motifs is 1. The van der Waals surface area contributed by atoms with Crippen LogP contribution in [-0.2, 0) is 4.79 Å². The Labute approximate surface area is 112 Å². The van der Waals surface area contributed by atoms with Crippen molar-refractivity contribution in [1.82, 2.24) is 5.43 Å². The van der Waals surface area contributed by atoms with Crippen molar-refractivity contribution in [3.05, 3.63) is 29.3 Å². The smallest absolute Gasteiger partial charge is 0.299 e. The third-order valence-corrected chi connectivity index (χ3v) is 3.83. The van der Waals surface area contributed by atoms with Gasteiger partial charge in [0, 0.05) is 0 Å². The predicted octanol–water partition coefficient (Wildman–Crippen LogP) is 1.37. The second-order valence-corrected chi connectivity index (χ2v) is 5.51. The molecule has 3 rings (SSSR count). The van der Waals surface area contributed by atoms with E-state index >= 15 is 0 Å². The van der Waals surface area contributed by atoms with E-state index in [1.54, 1.807) is 18.2 Å². The van der Waals surface area contributed by atoms with Crippen LogP contribution in [0.15, 0.2) is 23.3 Å². The second kappa shape index (κ2) is 4.20. The first-order chi connectivity index (χ1) is 9.06. The summed E-state index contributed by atoms with van der Waals surface area (Å²) in [7, 11) is 0. The molecule has 19 heavy (non-hydrogen) atoms. The van der Waals surface area contributed by atoms with Crippen LogP contribution in [0.2, 0.25) is 0 Å². The Bertz CT molecular complexity index is 654. The average molecular weight is 275 g/mol. The maximum Gasteiger partial charge on any atom is 0.299 e. The molecule has 1 aromatic carbocycles. The number of hydrogen-bond acceptors (Lipinski definition) is 5. The molecule has 0 radical (unpaired) electrons. The van der Waals surface area contributed by atoms with E-state index in [9.17, 15) is 14.4 Å². The maximum atomic E-state index is 11.6. The van der Waals surface area contributed by atoms with Crippen LogP contribution in [0.1, 0.15) is 22.8 Å². The number of rotatable bonds is 1. The van der Waals surface area contributed by atoms with Crippen molar-refractivity contribution in [1.29, 1.82) is 0 Å². The van der Waals surface area contributed by atoms with Gasteiger partial charge in [0.15, 0.2) is 0 Å². The Hall–Kier alpha value is -2.15. The minimum Gasteiger partial charge on any atom is -0.318 e. The van der Waals surface area contributed by atoms with Crippen LogP contribution in [0.4, 0.5) is 10.5 Å². The van der Waals surface area contributed by atoms with Crippen molar-refractivity contribution in [3.8, 4) is 0 Å². The number of carbonyl (C=O) groups excluding carboxylic acids is 3. The van der Waals surface area contributed by atoms with E-state index in [2.05, 4.69) is 15.8 Å². The zero-order valence-corrected chi connectivity index (χ0v) is 10.7. The standard InChI is InChI=1S/C12H9N3O3S/c1-5-9(14-15-12(18)19-5)6-2-3-8-7(4-6)10(16)11(17)13-8/h2-5H,1H3,(H,15,18)(H,13,16,17). The zero-order chi connectivity index (χ0) is 13.6. The Morgan fingerprint density at radius 2 is 2.05 bits per heavy atom. The van der Waals surface area contributed by atoms with Crippen LogP contribution in [0.5, 0.6) is 0 Å². The van der Waals surface area contributed by atoms with Crippen LogP contribution in [-0.4, -0.2) is 27.9 Å². The van der Waals surface area contributed by atoms with Crippen LogP contribution < -0.4 is 10.7 Å². The quantitative estimate of drug-likeness (QED) is 0.758. The molecule has 7 heteroatoms. The number of thioether (sulfide) groups is 1. The minimum atomic E-state index is -0.617. The summed E-state index contributed by atoms with van der Waals surface area (Å²) in [4.78, 5) is 34.1. The number of Topliss-reactive ketones (excluding diaryl/α,β-unsaturated/α-hetero) is 1. The van der Waals surface area contributed by atoms with Gasteiger partial charge in [0.2, 0.25) is 0 Å². The molecule has 0 saturated heterocycles. The van der Waals surface area contributed by atoms with Gasteiger partial charge in [0.25, 0.3) is 16.9 Å². The van der Waals surface area contributed by atoms with Crippen molar-refractivity contribution >= 4 is 40.1 Å². The van der Waals surface area contributed by atoms with Gasteiger partial charge in [-0.2, -0.15) is 5.10 Å². The minimum absolute atomic E-state index is 0.105. The SMILES string of the molecule is CC1SC(=O)NN=C1c1ccc2c(c1)C(=O)C(=O)N2. The van der Waals surface area contributed by atoms with Gasteiger partial charge in [-0.1, -0.05) is 17.8 Å². The number of nitrogens with one attached hydrogen (secondary N) is 2. The Morgan fingerprint density at radius 3 is 2.79 bits per heavy atom. The third-order valence-electron chi connectivity index (χ3n) is 2.95. The average Bonchev–Trinajstić information content (AvgIpc) is 2.65. The number of hydrogen-bond donors (Lipinski definition) is 2. The summed E-state index contributed by atoms with van der Waals surface area (Å²) in [6.45, 7) is 1.86. The second-order valence-electron chi connectivity index (χ2n) is 4.20. The summed E-state index contributed by atoms with van der Waals surface area (Å²) in [5.74, 6) is -1.16. The van der Waals surface area contributed by atoms with Crippen LogP contribution in [0.3, 0.4) is 0 Å². The van der Waals surface area contributed by atoms with Gasteiger partial charge < -0.3 is 5.32 Å². The molecule has 2 N–H and O–H groups in total. The summed E-state index contributed by atoms with van der Waals surface area (Å²) in [6.07, 6.45) is 0. The van der Waals surface area contributed by atoms with Gasteiger partial charge in [0.1, 0.15) is 0 Å². The predicted molar refractivity (Wildman–Crippen MR) is 71.5 cm³/mol. The monoisotopic (exact) mass is 275 g/mol. The van der Waals surface area contributed by atoms with E-state index in [1.165, 1.54) is 0 Å². The highest BCUT2D eigenvalue weighted by molar-refractivity contribution is 8.14. The topological polar surface area (TPSA) is 87.6 Å². The molecule has 2 aliphatic rings. The van der Waals surface area contributed by atoms with Crippen molar-refractivity contribution in [2.75, 3.05) is 5.32 Å². The summed E-state index contributed by atoms with van der Waals surface area (Å²) >= 11 is 1.13. The van der Waals surface area contributed by atoms with Crippen molar-refractivity contribution in [2.24, 2.45) is 5.10 Å². The molecule has 0 bridgehead atoms. The number of hydrazone groups is 1. The van der Waals surface area contributed by atoms with Gasteiger partial charge in [-0.05, 0) is 24.6 Å². The van der Waals surface area contributed by atoms with E-state index in [-0.39, 0.29) is 10.5 Å². The molecule has 2 heterocycles. The molecule has 2 amide bonds. The normalized spacial score (nSPS) is 21.6. The van der Waals surface area contributed by atoms with E-state index in [1.807, 2.05) is 6.92 Å². The third kappa shape index (κ3) is 1.91. The first kappa shape index (κ1) is 11.9. The largest absolute Gasteiger partial charge is 0.318 e. The molecule has 0 spiro atoms. The summed E-state index contributed by atoms with van der Waals surface area (Å²) < 4.78 is 0. The van der Waals surface area contributed by atoms with Crippen molar-refractivity contribution in [2.45, 2.75) is 12.2 Å². The lowest BCUT2D eigenvalue weighted by atomic mass is 10.0. The fraction of sp³-hybridized carbons (Fsp3) is 0.167. The number of amides is 2. The highest BCUT2D eigenvalue weighted by Gasteiger charge is 2.30. The first-order valence-corrected chi connectivity index (χ1v) is 6.48. The van der Waals surface area contributed by atoms with E-state index in [0.717, 1.165) is 17.3 Å². The lowest BCUT2D eigenvalue weighted by Crippen LogP contribution is -2.29. The Morgan fingerprint density at radius 1 is 1.26 bits per heavy atom. The summed E-state index contributed by atoms with van der Waals surface area (Å²) in [5, 5.41) is 6.20. The number of benzene rings is 1. The van der Waals surface area contributed by atoms with Gasteiger partial charge >= 0.3 is 0 Å². The van der Waals surface area contributed by atoms with Gasteiger partial charge in [-0.3, -0.25) is 14.4 Å². The number of anilines is 1. The molecule has 0 aromatic heterocycles. The number of ketones is 1. The van der Waals surface area contributed by atoms with E-state index in [4.69, 9.17) is 0 Å². The molecule has 6 nitrogen and oxygen atoms in total. The first-order valence-electron chi connectivity index (χ1n) is 5.60. The zero-order valence-electron chi connectivity index (χ0n) is 9.89. The molecule has 96 valence electrons. The molecule has 1 unspecified atom stereocenters. The van der Waals surface area contributed by atoms with Crippen molar-refractivity contribution < 1.29 is 14.4 Å². The molecule has 1 atom stereocenters. The highest BCUT2D eigenvalue weighted by atomic mass is 32.2. The molecule has 0 fully saturated rings. The number of carbonyl (C=O) groups is 3. The Balaban J connectivity index is 2.02. The fourth-order valence-electron chi connectivity index (χ4n) is 2.04. The van der Waals surface area contributed by atoms with Crippen molar-refractivity contribution in [3.63, 3.8) is 0 Å². The molecular formula is C12H9N3O3S. The number of nitrogens with zero attached hydrogens (tertiary/aromatic N) is 1. The molecule has 2 aliphatic heterocycles. The van der Waals surface area contributed by atoms with Crippen LogP contribution in [0.25, 0.3) is 0 Å². The molecule has 0 saturated carbocycles. The summed E-state index contributed by atoms with van der Waals surface area (Å²) in [6, 6.07) is 5.07. The van der Waals surface area contributed by atoms with Gasteiger partial charge in [0.05, 0.1) is 22.2 Å². The maximum absolute atomic E-state index is 11.6.